The van der Waals surface area contributed by atoms with Gasteiger partial charge in [-0.05, 0) is 31.2 Å². The first kappa shape index (κ1) is 19.5. The van der Waals surface area contributed by atoms with Gasteiger partial charge in [-0.15, -0.1) is 0 Å². The number of hydrogen-bond donors (Lipinski definition) is 0. The Morgan fingerprint density at radius 2 is 1.84 bits per heavy atom. The molecule has 0 saturated carbocycles. The highest BCUT2D eigenvalue weighted by Crippen LogP contribution is 2.37. The number of anilines is 1. The van der Waals surface area contributed by atoms with Gasteiger partial charge in [-0.25, -0.2) is 0 Å². The predicted molar refractivity (Wildman–Crippen MR) is 112 cm³/mol. The molecule has 1 saturated heterocycles. The van der Waals surface area contributed by atoms with Crippen LogP contribution in [0.2, 0.25) is 0 Å². The molecule has 0 N–H and O–H groups in total. The third-order valence-corrected chi connectivity index (χ3v) is 5.83. The summed E-state index contributed by atoms with van der Waals surface area (Å²) in [7, 11) is 0. The number of carbonyl (C=O) groups is 2. The first-order chi connectivity index (χ1) is 15.1. The zero-order chi connectivity index (χ0) is 21.4. The molecule has 3 aliphatic heterocycles. The number of hydrogen-bond acceptors (Lipinski definition) is 6. The molecule has 2 aromatic carbocycles. The lowest BCUT2D eigenvalue weighted by Gasteiger charge is -2.32. The highest BCUT2D eigenvalue weighted by Gasteiger charge is 2.38. The van der Waals surface area contributed by atoms with Crippen molar-refractivity contribution < 1.29 is 28.5 Å². The Kier molecular flexibility index (Phi) is 5.05. The molecule has 2 aromatic rings. The summed E-state index contributed by atoms with van der Waals surface area (Å²) in [4.78, 5) is 29.3. The second-order valence-electron chi connectivity index (χ2n) is 7.82. The van der Waals surface area contributed by atoms with E-state index in [2.05, 4.69) is 0 Å². The molecule has 8 heteroatoms. The summed E-state index contributed by atoms with van der Waals surface area (Å²) in [5, 5.41) is 0. The van der Waals surface area contributed by atoms with Crippen molar-refractivity contribution in [2.24, 2.45) is 5.92 Å². The van der Waals surface area contributed by atoms with Gasteiger partial charge in [-0.2, -0.15) is 0 Å². The van der Waals surface area contributed by atoms with E-state index in [1.165, 1.54) is 0 Å². The second-order valence-corrected chi connectivity index (χ2v) is 7.82. The lowest BCUT2D eigenvalue weighted by Crippen LogP contribution is -2.46. The minimum absolute atomic E-state index is 0.0402. The molecule has 5 rings (SSSR count). The van der Waals surface area contributed by atoms with Crippen molar-refractivity contribution >= 4 is 17.5 Å². The van der Waals surface area contributed by atoms with Gasteiger partial charge in [-0.1, -0.05) is 12.1 Å². The van der Waals surface area contributed by atoms with Crippen LogP contribution < -0.4 is 23.8 Å². The molecule has 2 unspecified atom stereocenters. The summed E-state index contributed by atoms with van der Waals surface area (Å²) in [6, 6.07) is 12.9. The highest BCUT2D eigenvalue weighted by molar-refractivity contribution is 6.00. The quantitative estimate of drug-likeness (QED) is 0.734. The van der Waals surface area contributed by atoms with Crippen LogP contribution in [0.3, 0.4) is 0 Å². The fourth-order valence-corrected chi connectivity index (χ4v) is 4.21. The number of nitrogens with zero attached hydrogens (tertiary/aromatic N) is 2. The van der Waals surface area contributed by atoms with Crippen LogP contribution in [0.5, 0.6) is 23.0 Å². The monoisotopic (exact) mass is 424 g/mol. The number of carbonyl (C=O) groups excluding carboxylic acids is 2. The van der Waals surface area contributed by atoms with Crippen molar-refractivity contribution in [2.75, 3.05) is 37.9 Å². The molecule has 162 valence electrons. The number of benzene rings is 2. The normalized spacial score (nSPS) is 21.3. The Hall–Kier alpha value is -3.42. The Bertz CT molecular complexity index is 1010. The van der Waals surface area contributed by atoms with E-state index in [1.54, 1.807) is 21.9 Å². The smallest absolute Gasteiger partial charge is 0.231 e. The van der Waals surface area contributed by atoms with Gasteiger partial charge < -0.3 is 28.7 Å². The minimum atomic E-state index is -0.394. The molecule has 0 aliphatic carbocycles. The van der Waals surface area contributed by atoms with E-state index in [-0.39, 0.29) is 31.1 Å². The van der Waals surface area contributed by atoms with E-state index < -0.39 is 5.92 Å². The molecule has 2 atom stereocenters. The topological polar surface area (TPSA) is 77.5 Å². The number of rotatable bonds is 5. The highest BCUT2D eigenvalue weighted by atomic mass is 16.7. The van der Waals surface area contributed by atoms with Gasteiger partial charge in [0.2, 0.25) is 18.6 Å². The van der Waals surface area contributed by atoms with E-state index in [0.717, 1.165) is 0 Å². The van der Waals surface area contributed by atoms with Crippen LogP contribution in [0.15, 0.2) is 42.5 Å². The van der Waals surface area contributed by atoms with Gasteiger partial charge >= 0.3 is 0 Å². The average molecular weight is 424 g/mol. The van der Waals surface area contributed by atoms with Crippen molar-refractivity contribution in [3.05, 3.63) is 42.5 Å². The van der Waals surface area contributed by atoms with E-state index in [0.29, 0.717) is 54.9 Å². The van der Waals surface area contributed by atoms with Gasteiger partial charge in [0.25, 0.3) is 0 Å². The second kappa shape index (κ2) is 8.02. The predicted octanol–water partition coefficient (Wildman–Crippen LogP) is 2.46. The van der Waals surface area contributed by atoms with Gasteiger partial charge in [0, 0.05) is 31.3 Å². The lowest BCUT2D eigenvalue weighted by atomic mass is 10.1. The molecule has 8 nitrogen and oxygen atoms in total. The van der Waals surface area contributed by atoms with E-state index in [9.17, 15) is 9.59 Å². The van der Waals surface area contributed by atoms with Gasteiger partial charge in [0.15, 0.2) is 29.1 Å². The zero-order valence-electron chi connectivity index (χ0n) is 17.3. The molecule has 3 aliphatic rings. The maximum absolute atomic E-state index is 13.2. The maximum atomic E-state index is 13.2. The minimum Gasteiger partial charge on any atom is -0.486 e. The molecule has 0 spiro atoms. The van der Waals surface area contributed by atoms with Crippen LogP contribution in [0.25, 0.3) is 0 Å². The molecular formula is C23H24N2O6. The summed E-state index contributed by atoms with van der Waals surface area (Å²) < 4.78 is 22.5. The fourth-order valence-electron chi connectivity index (χ4n) is 4.21. The SMILES string of the molecule is CCN(CC1COc2ccccc2O1)C(=O)C1CC(=O)N(c2ccc3c(c2)OCO3)C1. The Morgan fingerprint density at radius 1 is 1.06 bits per heavy atom. The Labute approximate surface area is 180 Å². The van der Waals surface area contributed by atoms with E-state index >= 15 is 0 Å². The first-order valence-corrected chi connectivity index (χ1v) is 10.5. The molecule has 0 aromatic heterocycles. The largest absolute Gasteiger partial charge is 0.486 e. The third-order valence-electron chi connectivity index (χ3n) is 5.83. The maximum Gasteiger partial charge on any atom is 0.231 e. The molecule has 0 radical (unpaired) electrons. The molecule has 31 heavy (non-hydrogen) atoms. The van der Waals surface area contributed by atoms with Gasteiger partial charge in [0.05, 0.1) is 12.5 Å². The summed E-state index contributed by atoms with van der Waals surface area (Å²) in [5.41, 5.74) is 0.716. The molecule has 1 fully saturated rings. The Balaban J connectivity index is 1.24. The summed E-state index contributed by atoms with van der Waals surface area (Å²) >= 11 is 0. The zero-order valence-corrected chi connectivity index (χ0v) is 17.3. The average Bonchev–Trinajstić information content (AvgIpc) is 3.42. The van der Waals surface area contributed by atoms with Crippen LogP contribution in [0.1, 0.15) is 13.3 Å². The van der Waals surface area contributed by atoms with Crippen molar-refractivity contribution in [2.45, 2.75) is 19.4 Å². The summed E-state index contributed by atoms with van der Waals surface area (Å²) in [5.74, 6) is 2.18. The fraction of sp³-hybridized carbons (Fsp3) is 0.391. The number of likely N-dealkylation sites (N-methyl/N-ethyl adjacent to an activating group) is 1. The van der Waals surface area contributed by atoms with Crippen molar-refractivity contribution in [3.8, 4) is 23.0 Å². The first-order valence-electron chi connectivity index (χ1n) is 10.5. The summed E-state index contributed by atoms with van der Waals surface area (Å²) in [6.07, 6.45) is -0.0601. The third kappa shape index (κ3) is 3.73. The number of amides is 2. The van der Waals surface area contributed by atoms with Crippen molar-refractivity contribution in [1.29, 1.82) is 0 Å². The summed E-state index contributed by atoms with van der Waals surface area (Å²) in [6.45, 7) is 3.79. The van der Waals surface area contributed by atoms with Crippen LogP contribution in [0.4, 0.5) is 5.69 Å². The lowest BCUT2D eigenvalue weighted by molar-refractivity contribution is -0.137. The van der Waals surface area contributed by atoms with Crippen LogP contribution in [0, 0.1) is 5.92 Å². The van der Waals surface area contributed by atoms with Crippen LogP contribution >= 0.6 is 0 Å². The molecule has 0 bridgehead atoms. The number of ether oxygens (including phenoxy) is 4. The van der Waals surface area contributed by atoms with E-state index in [4.69, 9.17) is 18.9 Å². The van der Waals surface area contributed by atoms with Crippen LogP contribution in [-0.4, -0.2) is 55.9 Å². The molecular weight excluding hydrogens is 400 g/mol. The van der Waals surface area contributed by atoms with Crippen LogP contribution in [-0.2, 0) is 9.59 Å². The van der Waals surface area contributed by atoms with Gasteiger partial charge in [-0.3, -0.25) is 9.59 Å². The van der Waals surface area contributed by atoms with Crippen molar-refractivity contribution in [3.63, 3.8) is 0 Å². The number of fused-ring (bicyclic) bond motifs is 2. The standard InChI is InChI=1S/C23H24N2O6/c1-2-24(12-17-13-28-18-5-3-4-6-20(18)31-17)23(27)15-9-22(26)25(11-15)16-7-8-19-21(10-16)30-14-29-19/h3-8,10,15,17H,2,9,11-14H2,1H3. The van der Waals surface area contributed by atoms with Gasteiger partial charge in [0.1, 0.15) is 6.61 Å². The molecule has 2 amide bonds. The Morgan fingerprint density at radius 3 is 2.68 bits per heavy atom. The number of para-hydroxylation sites is 2. The molecule has 3 heterocycles. The van der Waals surface area contributed by atoms with E-state index in [1.807, 2.05) is 37.3 Å². The van der Waals surface area contributed by atoms with Crippen molar-refractivity contribution in [1.82, 2.24) is 4.90 Å².